The number of carbonyl (C=O) groups is 1. The van der Waals surface area contributed by atoms with Gasteiger partial charge in [-0.1, -0.05) is 41.6 Å². The number of aromatic nitrogens is 2. The zero-order valence-electron chi connectivity index (χ0n) is 12.5. The molecule has 1 heterocycles. The molecule has 0 atom stereocenters. The molecule has 2 aromatic rings. The van der Waals surface area contributed by atoms with Gasteiger partial charge in [-0.05, 0) is 19.4 Å². The average Bonchev–Trinajstić information content (AvgIpc) is 2.44. The van der Waals surface area contributed by atoms with Crippen LogP contribution in [0.2, 0.25) is 0 Å². The average molecular weight is 318 g/mol. The van der Waals surface area contributed by atoms with Gasteiger partial charge in [-0.2, -0.15) is 0 Å². The van der Waals surface area contributed by atoms with Crippen LogP contribution in [0, 0.1) is 13.8 Å². The van der Waals surface area contributed by atoms with Crippen molar-refractivity contribution in [3.05, 3.63) is 57.0 Å². The molecule has 1 aromatic carbocycles. The van der Waals surface area contributed by atoms with Gasteiger partial charge in [0.2, 0.25) is 0 Å². The summed E-state index contributed by atoms with van der Waals surface area (Å²) in [4.78, 5) is 29.8. The number of hydrogen-bond acceptors (Lipinski definition) is 4. The molecule has 0 saturated heterocycles. The second-order valence-corrected chi connectivity index (χ2v) is 6.17. The lowest BCUT2D eigenvalue weighted by Gasteiger charge is -2.07. The Morgan fingerprint density at radius 2 is 1.95 bits per heavy atom. The maximum absolute atomic E-state index is 12.2. The highest BCUT2D eigenvalue weighted by atomic mass is 32.2. The van der Waals surface area contributed by atoms with Crippen LogP contribution < -0.4 is 5.56 Å². The first kappa shape index (κ1) is 16.3. The monoisotopic (exact) mass is 318 g/mol. The normalized spacial score (nSPS) is 10.6. The topological polar surface area (TPSA) is 83.0 Å². The number of nitrogens with one attached hydrogen (secondary N) is 1. The van der Waals surface area contributed by atoms with Crippen molar-refractivity contribution < 1.29 is 9.90 Å². The number of thioether (sulfide) groups is 1. The predicted molar refractivity (Wildman–Crippen MR) is 86.6 cm³/mol. The van der Waals surface area contributed by atoms with E-state index in [2.05, 4.69) is 9.97 Å². The summed E-state index contributed by atoms with van der Waals surface area (Å²) >= 11 is 1.25. The Balaban J connectivity index is 2.14. The summed E-state index contributed by atoms with van der Waals surface area (Å²) in [6.07, 6.45) is 0.576. The largest absolute Gasteiger partial charge is 0.481 e. The van der Waals surface area contributed by atoms with Gasteiger partial charge in [-0.3, -0.25) is 9.59 Å². The maximum Gasteiger partial charge on any atom is 0.304 e. The first-order chi connectivity index (χ1) is 10.5. The molecule has 0 saturated carbocycles. The Hall–Kier alpha value is -2.08. The Kier molecular flexibility index (Phi) is 5.38. The second-order valence-electron chi connectivity index (χ2n) is 5.09. The van der Waals surface area contributed by atoms with Crippen molar-refractivity contribution in [2.24, 2.45) is 0 Å². The van der Waals surface area contributed by atoms with Gasteiger partial charge in [0, 0.05) is 23.4 Å². The minimum Gasteiger partial charge on any atom is -0.481 e. The van der Waals surface area contributed by atoms with Crippen LogP contribution in [0.3, 0.4) is 0 Å². The molecule has 0 radical (unpaired) electrons. The molecule has 1 aromatic heterocycles. The van der Waals surface area contributed by atoms with Gasteiger partial charge in [0.1, 0.15) is 0 Å². The van der Waals surface area contributed by atoms with Crippen LogP contribution in [0.15, 0.2) is 34.2 Å². The van der Waals surface area contributed by atoms with Crippen molar-refractivity contribution in [1.29, 1.82) is 0 Å². The molecular weight excluding hydrogens is 300 g/mol. The Morgan fingerprint density at radius 3 is 2.55 bits per heavy atom. The third kappa shape index (κ3) is 4.46. The van der Waals surface area contributed by atoms with Crippen molar-refractivity contribution >= 4 is 17.7 Å². The molecule has 2 rings (SSSR count). The molecular formula is C16H18N2O3S. The quantitative estimate of drug-likeness (QED) is 0.632. The first-order valence-electron chi connectivity index (χ1n) is 6.95. The molecule has 0 aliphatic rings. The van der Waals surface area contributed by atoms with E-state index in [1.165, 1.54) is 17.3 Å². The van der Waals surface area contributed by atoms with Crippen LogP contribution in [0.25, 0.3) is 0 Å². The molecule has 2 N–H and O–H groups in total. The summed E-state index contributed by atoms with van der Waals surface area (Å²) in [6, 6.07) is 8.04. The summed E-state index contributed by atoms with van der Waals surface area (Å²) in [5, 5.41) is 9.09. The van der Waals surface area contributed by atoms with Crippen molar-refractivity contribution in [2.45, 2.75) is 31.8 Å². The summed E-state index contributed by atoms with van der Waals surface area (Å²) in [6.45, 7) is 3.83. The van der Waals surface area contributed by atoms with Crippen LogP contribution in [0.4, 0.5) is 0 Å². The highest BCUT2D eigenvalue weighted by molar-refractivity contribution is 7.99. The molecule has 0 aliphatic heterocycles. The number of benzene rings is 1. The zero-order valence-corrected chi connectivity index (χ0v) is 13.4. The van der Waals surface area contributed by atoms with Gasteiger partial charge >= 0.3 is 5.97 Å². The van der Waals surface area contributed by atoms with Gasteiger partial charge in [-0.15, -0.1) is 0 Å². The van der Waals surface area contributed by atoms with Crippen molar-refractivity contribution in [3.8, 4) is 0 Å². The third-order valence-corrected chi connectivity index (χ3v) is 4.13. The number of carboxylic acids is 1. The Morgan fingerprint density at radius 1 is 1.27 bits per heavy atom. The van der Waals surface area contributed by atoms with Gasteiger partial charge in [0.05, 0.1) is 6.42 Å². The van der Waals surface area contributed by atoms with Gasteiger partial charge < -0.3 is 10.1 Å². The summed E-state index contributed by atoms with van der Waals surface area (Å²) in [7, 11) is 0. The second kappa shape index (κ2) is 7.26. The number of H-pyrrole nitrogens is 1. The number of rotatable bonds is 6. The number of aryl methyl sites for hydroxylation is 2. The van der Waals surface area contributed by atoms with Gasteiger partial charge in [0.15, 0.2) is 5.16 Å². The summed E-state index contributed by atoms with van der Waals surface area (Å²) in [5.41, 5.74) is 3.41. The molecule has 0 bridgehead atoms. The van der Waals surface area contributed by atoms with Crippen LogP contribution in [-0.2, 0) is 11.2 Å². The summed E-state index contributed by atoms with van der Waals surface area (Å²) in [5.74, 6) is -0.475. The number of carboxylic acid groups (broad SMARTS) is 1. The van der Waals surface area contributed by atoms with E-state index in [1.807, 2.05) is 31.2 Å². The van der Waals surface area contributed by atoms with E-state index < -0.39 is 5.97 Å². The Bertz CT molecular complexity index is 723. The van der Waals surface area contributed by atoms with Crippen molar-refractivity contribution in [1.82, 2.24) is 9.97 Å². The maximum atomic E-state index is 12.2. The number of aromatic amines is 1. The molecule has 5 nitrogen and oxygen atoms in total. The minimum atomic E-state index is -0.859. The SMILES string of the molecule is Cc1ccc(Cc2c(C)nc(SCCC(=O)O)[nH]c2=O)cc1. The van der Waals surface area contributed by atoms with Crippen LogP contribution in [0.5, 0.6) is 0 Å². The van der Waals surface area contributed by atoms with Crippen LogP contribution in [-0.4, -0.2) is 26.8 Å². The van der Waals surface area contributed by atoms with Crippen molar-refractivity contribution in [3.63, 3.8) is 0 Å². The van der Waals surface area contributed by atoms with E-state index in [-0.39, 0.29) is 12.0 Å². The number of nitrogens with zero attached hydrogens (tertiary/aromatic N) is 1. The molecule has 6 heteroatoms. The zero-order chi connectivity index (χ0) is 16.1. The number of aliphatic carboxylic acids is 1. The lowest BCUT2D eigenvalue weighted by atomic mass is 10.0. The molecule has 0 spiro atoms. The van der Waals surface area contributed by atoms with Gasteiger partial charge in [0.25, 0.3) is 5.56 Å². The van der Waals surface area contributed by atoms with Crippen LogP contribution in [0.1, 0.15) is 28.8 Å². The fourth-order valence-electron chi connectivity index (χ4n) is 2.01. The first-order valence-corrected chi connectivity index (χ1v) is 7.94. The minimum absolute atomic E-state index is 0.0402. The van der Waals surface area contributed by atoms with E-state index in [0.29, 0.717) is 28.6 Å². The molecule has 0 unspecified atom stereocenters. The smallest absolute Gasteiger partial charge is 0.304 e. The highest BCUT2D eigenvalue weighted by Crippen LogP contribution is 2.15. The highest BCUT2D eigenvalue weighted by Gasteiger charge is 2.10. The lowest BCUT2D eigenvalue weighted by molar-refractivity contribution is -0.136. The van der Waals surface area contributed by atoms with E-state index in [1.54, 1.807) is 6.92 Å². The lowest BCUT2D eigenvalue weighted by Crippen LogP contribution is -2.17. The van der Waals surface area contributed by atoms with Crippen LogP contribution >= 0.6 is 11.8 Å². The van der Waals surface area contributed by atoms with E-state index in [9.17, 15) is 9.59 Å². The van der Waals surface area contributed by atoms with E-state index in [0.717, 1.165) is 5.56 Å². The molecule has 0 amide bonds. The standard InChI is InChI=1S/C16H18N2O3S/c1-10-3-5-12(6-4-10)9-13-11(2)17-16(18-15(13)21)22-8-7-14(19)20/h3-6H,7-9H2,1-2H3,(H,19,20)(H,17,18,21). The molecule has 0 fully saturated rings. The molecule has 116 valence electrons. The summed E-state index contributed by atoms with van der Waals surface area (Å²) < 4.78 is 0. The van der Waals surface area contributed by atoms with Gasteiger partial charge in [-0.25, -0.2) is 4.98 Å². The van der Waals surface area contributed by atoms with E-state index in [4.69, 9.17) is 5.11 Å². The number of hydrogen-bond donors (Lipinski definition) is 2. The fraction of sp³-hybridized carbons (Fsp3) is 0.312. The fourth-order valence-corrected chi connectivity index (χ4v) is 2.84. The molecule has 0 aliphatic carbocycles. The Labute approximate surface area is 132 Å². The van der Waals surface area contributed by atoms with E-state index >= 15 is 0 Å². The predicted octanol–water partition coefficient (Wildman–Crippen LogP) is 2.54. The molecule has 22 heavy (non-hydrogen) atoms. The third-order valence-electron chi connectivity index (χ3n) is 3.26. The van der Waals surface area contributed by atoms with Crippen molar-refractivity contribution in [2.75, 3.05) is 5.75 Å².